The second-order valence-corrected chi connectivity index (χ2v) is 5.58. The van der Waals surface area contributed by atoms with Crippen molar-refractivity contribution in [3.63, 3.8) is 0 Å². The van der Waals surface area contributed by atoms with Crippen LogP contribution in [0.4, 0.5) is 4.79 Å². The van der Waals surface area contributed by atoms with Gasteiger partial charge in [0.1, 0.15) is 11.6 Å². The molecule has 128 valence electrons. The SMILES string of the molecule is CCOC(=O)N1CCC(N/C=C(/C#N)C(=O)NC(C)CC)CC1. The summed E-state index contributed by atoms with van der Waals surface area (Å²) in [6.07, 6.45) is 3.50. The molecule has 0 aromatic carbocycles. The van der Waals surface area contributed by atoms with Crippen molar-refractivity contribution in [3.05, 3.63) is 11.8 Å². The van der Waals surface area contributed by atoms with Gasteiger partial charge in [0.2, 0.25) is 0 Å². The Labute approximate surface area is 137 Å². The van der Waals surface area contributed by atoms with Crippen molar-refractivity contribution in [2.24, 2.45) is 0 Å². The van der Waals surface area contributed by atoms with Gasteiger partial charge in [0.05, 0.1) is 6.61 Å². The molecule has 0 aromatic heterocycles. The average Bonchev–Trinajstić information content (AvgIpc) is 2.56. The van der Waals surface area contributed by atoms with E-state index in [0.29, 0.717) is 19.7 Å². The second-order valence-electron chi connectivity index (χ2n) is 5.58. The number of rotatable bonds is 6. The summed E-state index contributed by atoms with van der Waals surface area (Å²) in [6, 6.07) is 2.09. The van der Waals surface area contributed by atoms with Gasteiger partial charge >= 0.3 is 6.09 Å². The third kappa shape index (κ3) is 6.19. The van der Waals surface area contributed by atoms with Crippen LogP contribution in [0.5, 0.6) is 0 Å². The third-order valence-electron chi connectivity index (χ3n) is 3.84. The highest BCUT2D eigenvalue weighted by molar-refractivity contribution is 5.97. The highest BCUT2D eigenvalue weighted by Crippen LogP contribution is 2.11. The van der Waals surface area contributed by atoms with Crippen LogP contribution in [-0.4, -0.2) is 48.7 Å². The van der Waals surface area contributed by atoms with Gasteiger partial charge in [0.25, 0.3) is 5.91 Å². The van der Waals surface area contributed by atoms with Crippen molar-refractivity contribution in [3.8, 4) is 6.07 Å². The zero-order chi connectivity index (χ0) is 17.2. The minimum absolute atomic E-state index is 0.0343. The van der Waals surface area contributed by atoms with Crippen molar-refractivity contribution < 1.29 is 14.3 Å². The van der Waals surface area contributed by atoms with Gasteiger partial charge in [0.15, 0.2) is 0 Å². The molecule has 0 radical (unpaired) electrons. The molecule has 2 N–H and O–H groups in total. The van der Waals surface area contributed by atoms with Gasteiger partial charge in [-0.3, -0.25) is 4.79 Å². The van der Waals surface area contributed by atoms with E-state index in [0.717, 1.165) is 19.3 Å². The van der Waals surface area contributed by atoms with Gasteiger partial charge in [-0.1, -0.05) is 6.92 Å². The first kappa shape index (κ1) is 18.8. The van der Waals surface area contributed by atoms with Gasteiger partial charge in [-0.05, 0) is 33.1 Å². The Hall–Kier alpha value is -2.23. The standard InChI is InChI=1S/C16H26N4O3/c1-4-12(3)19-15(21)13(10-17)11-18-14-6-8-20(9-7-14)16(22)23-5-2/h11-12,14,18H,4-9H2,1-3H3,(H,19,21)/b13-11-. The number of hydrogen-bond donors (Lipinski definition) is 2. The first-order chi connectivity index (χ1) is 11.0. The van der Waals surface area contributed by atoms with Gasteiger partial charge in [-0.2, -0.15) is 5.26 Å². The van der Waals surface area contributed by atoms with Crippen molar-refractivity contribution >= 4 is 12.0 Å². The summed E-state index contributed by atoms with van der Waals surface area (Å²) in [6.45, 7) is 7.22. The van der Waals surface area contributed by atoms with E-state index in [2.05, 4.69) is 10.6 Å². The topological polar surface area (TPSA) is 94.5 Å². The minimum atomic E-state index is -0.363. The van der Waals surface area contributed by atoms with E-state index >= 15 is 0 Å². The lowest BCUT2D eigenvalue weighted by molar-refractivity contribution is -0.117. The number of nitrogens with one attached hydrogen (secondary N) is 2. The summed E-state index contributed by atoms with van der Waals surface area (Å²) in [5.41, 5.74) is 0.0677. The number of amides is 2. The number of nitriles is 1. The first-order valence-corrected chi connectivity index (χ1v) is 8.10. The molecule has 7 heteroatoms. The Morgan fingerprint density at radius 3 is 2.57 bits per heavy atom. The Kier molecular flexibility index (Phi) is 7.95. The maximum atomic E-state index is 11.9. The number of piperidine rings is 1. The Bertz CT molecular complexity index is 476. The van der Waals surface area contributed by atoms with Gasteiger partial charge in [0, 0.05) is 31.4 Å². The van der Waals surface area contributed by atoms with Crippen LogP contribution in [0.3, 0.4) is 0 Å². The second kappa shape index (κ2) is 9.72. The van der Waals surface area contributed by atoms with Gasteiger partial charge < -0.3 is 20.3 Å². The monoisotopic (exact) mass is 322 g/mol. The average molecular weight is 322 g/mol. The summed E-state index contributed by atoms with van der Waals surface area (Å²) < 4.78 is 4.97. The Morgan fingerprint density at radius 2 is 2.04 bits per heavy atom. The molecule has 1 fully saturated rings. The van der Waals surface area contributed by atoms with E-state index in [9.17, 15) is 9.59 Å². The molecule has 1 atom stereocenters. The van der Waals surface area contributed by atoms with E-state index in [1.165, 1.54) is 6.20 Å². The molecule has 1 rings (SSSR count). The van der Waals surface area contributed by atoms with Crippen LogP contribution in [0.1, 0.15) is 40.0 Å². The maximum Gasteiger partial charge on any atom is 0.409 e. The Morgan fingerprint density at radius 1 is 1.39 bits per heavy atom. The molecule has 0 spiro atoms. The Balaban J connectivity index is 2.46. The summed E-state index contributed by atoms with van der Waals surface area (Å²) >= 11 is 0. The third-order valence-corrected chi connectivity index (χ3v) is 3.84. The van der Waals surface area contributed by atoms with Crippen molar-refractivity contribution in [2.45, 2.75) is 52.1 Å². The van der Waals surface area contributed by atoms with Crippen LogP contribution in [0.15, 0.2) is 11.8 Å². The lowest BCUT2D eigenvalue weighted by atomic mass is 10.1. The molecule has 7 nitrogen and oxygen atoms in total. The van der Waals surface area contributed by atoms with Crippen LogP contribution in [-0.2, 0) is 9.53 Å². The number of nitrogens with zero attached hydrogens (tertiary/aromatic N) is 2. The molecule has 2 amide bonds. The van der Waals surface area contributed by atoms with E-state index in [-0.39, 0.29) is 29.7 Å². The number of likely N-dealkylation sites (tertiary alicyclic amines) is 1. The van der Waals surface area contributed by atoms with Gasteiger partial charge in [-0.25, -0.2) is 4.79 Å². The van der Waals surface area contributed by atoms with Crippen molar-refractivity contribution in [1.29, 1.82) is 5.26 Å². The quantitative estimate of drug-likeness (QED) is 0.571. The summed E-state index contributed by atoms with van der Waals surface area (Å²) in [5.74, 6) is -0.363. The van der Waals surface area contributed by atoms with Crippen LogP contribution in [0, 0.1) is 11.3 Å². The summed E-state index contributed by atoms with van der Waals surface area (Å²) in [5, 5.41) is 15.0. The molecule has 0 aromatic rings. The van der Waals surface area contributed by atoms with Gasteiger partial charge in [-0.15, -0.1) is 0 Å². The molecule has 1 heterocycles. The normalized spacial score (nSPS) is 17.1. The van der Waals surface area contributed by atoms with E-state index in [1.54, 1.807) is 11.8 Å². The van der Waals surface area contributed by atoms with Crippen LogP contribution in [0.25, 0.3) is 0 Å². The fourth-order valence-corrected chi connectivity index (χ4v) is 2.20. The van der Waals surface area contributed by atoms with Crippen LogP contribution < -0.4 is 10.6 Å². The summed E-state index contributed by atoms with van der Waals surface area (Å²) in [7, 11) is 0. The number of hydrogen-bond acceptors (Lipinski definition) is 5. The zero-order valence-corrected chi connectivity index (χ0v) is 14.1. The van der Waals surface area contributed by atoms with E-state index < -0.39 is 0 Å². The first-order valence-electron chi connectivity index (χ1n) is 8.10. The summed E-state index contributed by atoms with van der Waals surface area (Å²) in [4.78, 5) is 25.2. The minimum Gasteiger partial charge on any atom is -0.450 e. The smallest absolute Gasteiger partial charge is 0.409 e. The molecule has 1 unspecified atom stereocenters. The maximum absolute atomic E-state index is 11.9. The zero-order valence-electron chi connectivity index (χ0n) is 14.1. The number of ether oxygens (including phenoxy) is 1. The van der Waals surface area contributed by atoms with Crippen molar-refractivity contribution in [1.82, 2.24) is 15.5 Å². The molecule has 1 aliphatic heterocycles. The molecular formula is C16H26N4O3. The molecule has 1 aliphatic rings. The molecule has 0 bridgehead atoms. The molecule has 0 aliphatic carbocycles. The highest BCUT2D eigenvalue weighted by atomic mass is 16.6. The van der Waals surface area contributed by atoms with E-state index in [4.69, 9.17) is 10.00 Å². The number of carbonyl (C=O) groups excluding carboxylic acids is 2. The predicted octanol–water partition coefficient (Wildman–Crippen LogP) is 1.52. The molecule has 1 saturated heterocycles. The molecular weight excluding hydrogens is 296 g/mol. The molecule has 23 heavy (non-hydrogen) atoms. The highest BCUT2D eigenvalue weighted by Gasteiger charge is 2.23. The van der Waals surface area contributed by atoms with E-state index in [1.807, 2.05) is 19.9 Å². The molecule has 0 saturated carbocycles. The van der Waals surface area contributed by atoms with Crippen molar-refractivity contribution in [2.75, 3.05) is 19.7 Å². The fraction of sp³-hybridized carbons (Fsp3) is 0.688. The lowest BCUT2D eigenvalue weighted by Crippen LogP contribution is -2.44. The number of carbonyl (C=O) groups is 2. The largest absolute Gasteiger partial charge is 0.450 e. The lowest BCUT2D eigenvalue weighted by Gasteiger charge is -2.31. The van der Waals surface area contributed by atoms with Crippen LogP contribution in [0.2, 0.25) is 0 Å². The predicted molar refractivity (Wildman–Crippen MR) is 86.3 cm³/mol. The fourth-order valence-electron chi connectivity index (χ4n) is 2.20. The van der Waals surface area contributed by atoms with Crippen LogP contribution >= 0.6 is 0 Å².